The van der Waals surface area contributed by atoms with Gasteiger partial charge in [-0.15, -0.1) is 0 Å². The highest BCUT2D eigenvalue weighted by Crippen LogP contribution is 2.30. The zero-order chi connectivity index (χ0) is 24.0. The fraction of sp³-hybridized carbons (Fsp3) is 0.207. The molecule has 0 saturated carbocycles. The van der Waals surface area contributed by atoms with Crippen LogP contribution in [-0.4, -0.2) is 44.7 Å². The second kappa shape index (κ2) is 10.6. The van der Waals surface area contributed by atoms with Crippen molar-refractivity contribution < 1.29 is 9.90 Å². The summed E-state index contributed by atoms with van der Waals surface area (Å²) in [6.07, 6.45) is 8.12. The molecule has 6 nitrogen and oxygen atoms in total. The molecule has 176 valence electrons. The third-order valence-corrected chi connectivity index (χ3v) is 6.46. The maximum atomic E-state index is 13.3. The van der Waals surface area contributed by atoms with E-state index in [0.717, 1.165) is 28.5 Å². The van der Waals surface area contributed by atoms with Crippen molar-refractivity contribution in [3.05, 3.63) is 120 Å². The first-order chi connectivity index (χ1) is 17.2. The molecular weight excluding hydrogens is 436 g/mol. The number of hydrogen-bond acceptors (Lipinski definition) is 5. The van der Waals surface area contributed by atoms with Crippen LogP contribution in [0.4, 0.5) is 0 Å². The highest BCUT2D eigenvalue weighted by atomic mass is 16.3. The van der Waals surface area contributed by atoms with Crippen LogP contribution < -0.4 is 5.32 Å². The van der Waals surface area contributed by atoms with Crippen LogP contribution in [0.25, 0.3) is 10.9 Å². The lowest BCUT2D eigenvalue weighted by atomic mass is 9.97. The molecular formula is C29H28N4O2. The van der Waals surface area contributed by atoms with E-state index in [1.54, 1.807) is 12.3 Å². The maximum absolute atomic E-state index is 13.3. The number of carbonyl (C=O) groups is 1. The maximum Gasteiger partial charge on any atom is 0.270 e. The molecule has 4 aromatic rings. The monoisotopic (exact) mass is 464 g/mol. The molecule has 1 aliphatic rings. The molecule has 0 radical (unpaired) electrons. The molecule has 0 fully saturated rings. The molecule has 2 aromatic carbocycles. The van der Waals surface area contributed by atoms with Crippen LogP contribution >= 0.6 is 0 Å². The number of nitrogens with one attached hydrogen (secondary N) is 1. The zero-order valence-corrected chi connectivity index (χ0v) is 19.4. The van der Waals surface area contributed by atoms with Crippen molar-refractivity contribution in [1.82, 2.24) is 20.2 Å². The van der Waals surface area contributed by atoms with Crippen molar-refractivity contribution in [3.63, 3.8) is 0 Å². The van der Waals surface area contributed by atoms with E-state index in [1.165, 1.54) is 0 Å². The largest absolute Gasteiger partial charge is 0.376 e. The van der Waals surface area contributed by atoms with Crippen molar-refractivity contribution in [3.8, 4) is 0 Å². The number of fused-ring (bicyclic) bond motifs is 1. The second-order valence-corrected chi connectivity index (χ2v) is 8.78. The minimum atomic E-state index is -0.908. The molecule has 0 saturated heterocycles. The number of nitrogens with zero attached hydrogens (tertiary/aromatic N) is 3. The van der Waals surface area contributed by atoms with Crippen molar-refractivity contribution >= 4 is 16.8 Å². The van der Waals surface area contributed by atoms with Gasteiger partial charge in [0.1, 0.15) is 11.9 Å². The number of benzene rings is 2. The van der Waals surface area contributed by atoms with Crippen LogP contribution in [0, 0.1) is 0 Å². The van der Waals surface area contributed by atoms with Gasteiger partial charge in [-0.05, 0) is 42.2 Å². The smallest absolute Gasteiger partial charge is 0.270 e. The van der Waals surface area contributed by atoms with Gasteiger partial charge in [0.05, 0.1) is 11.6 Å². The van der Waals surface area contributed by atoms with Crippen LogP contribution in [0.15, 0.2) is 103 Å². The zero-order valence-electron chi connectivity index (χ0n) is 19.4. The summed E-state index contributed by atoms with van der Waals surface area (Å²) in [5, 5.41) is 15.7. The molecule has 2 N–H and O–H groups in total. The van der Waals surface area contributed by atoms with E-state index >= 15 is 0 Å². The second-order valence-electron chi connectivity index (χ2n) is 8.78. The van der Waals surface area contributed by atoms with E-state index in [4.69, 9.17) is 0 Å². The predicted octanol–water partition coefficient (Wildman–Crippen LogP) is 4.29. The van der Waals surface area contributed by atoms with Crippen molar-refractivity contribution in [2.24, 2.45) is 0 Å². The quantitative estimate of drug-likeness (QED) is 0.399. The van der Waals surface area contributed by atoms with Crippen molar-refractivity contribution in [2.45, 2.75) is 31.2 Å². The number of para-hydroxylation sites is 1. The molecule has 5 rings (SSSR count). The molecule has 2 unspecified atom stereocenters. The molecule has 1 aliphatic heterocycles. The van der Waals surface area contributed by atoms with E-state index in [9.17, 15) is 9.90 Å². The van der Waals surface area contributed by atoms with E-state index < -0.39 is 12.3 Å². The Labute approximate surface area is 205 Å². The van der Waals surface area contributed by atoms with Crippen LogP contribution in [0.1, 0.15) is 34.1 Å². The van der Waals surface area contributed by atoms with Gasteiger partial charge >= 0.3 is 0 Å². The first-order valence-corrected chi connectivity index (χ1v) is 11.9. The van der Waals surface area contributed by atoms with Crippen molar-refractivity contribution in [2.75, 3.05) is 6.54 Å². The number of aromatic nitrogens is 2. The third-order valence-electron chi connectivity index (χ3n) is 6.46. The number of hydrogen-bond donors (Lipinski definition) is 2. The Morgan fingerprint density at radius 1 is 1.00 bits per heavy atom. The summed E-state index contributed by atoms with van der Waals surface area (Å²) >= 11 is 0. The summed E-state index contributed by atoms with van der Waals surface area (Å²) in [6.45, 7) is 0.579. The number of pyridine rings is 2. The van der Waals surface area contributed by atoms with Gasteiger partial charge in [-0.3, -0.25) is 14.7 Å². The molecule has 3 heterocycles. The average Bonchev–Trinajstić information content (AvgIpc) is 2.93. The molecule has 0 spiro atoms. The average molecular weight is 465 g/mol. The third kappa shape index (κ3) is 5.29. The normalized spacial score (nSPS) is 17.7. The highest BCUT2D eigenvalue weighted by molar-refractivity contribution is 5.95. The Bertz CT molecular complexity index is 1310. The van der Waals surface area contributed by atoms with Gasteiger partial charge < -0.3 is 10.4 Å². The van der Waals surface area contributed by atoms with Gasteiger partial charge in [0.25, 0.3) is 5.91 Å². The van der Waals surface area contributed by atoms with Gasteiger partial charge in [0, 0.05) is 30.4 Å². The number of rotatable bonds is 7. The molecule has 3 atom stereocenters. The summed E-state index contributed by atoms with van der Waals surface area (Å²) in [6, 6.07) is 24.6. The van der Waals surface area contributed by atoms with Gasteiger partial charge in [0.2, 0.25) is 0 Å². The summed E-state index contributed by atoms with van der Waals surface area (Å²) in [5.74, 6) is -0.304. The molecule has 0 aliphatic carbocycles. The Hall–Kier alpha value is -3.87. The minimum Gasteiger partial charge on any atom is -0.376 e. The van der Waals surface area contributed by atoms with Gasteiger partial charge in [-0.2, -0.15) is 0 Å². The van der Waals surface area contributed by atoms with Crippen LogP contribution in [0.3, 0.4) is 0 Å². The summed E-state index contributed by atoms with van der Waals surface area (Å²) < 4.78 is 0. The highest BCUT2D eigenvalue weighted by Gasteiger charge is 2.33. The van der Waals surface area contributed by atoms with Crippen LogP contribution in [-0.2, 0) is 6.42 Å². The van der Waals surface area contributed by atoms with Crippen molar-refractivity contribution in [1.29, 1.82) is 0 Å². The van der Waals surface area contributed by atoms with E-state index in [1.807, 2.05) is 83.9 Å². The predicted molar refractivity (Wildman–Crippen MR) is 137 cm³/mol. The van der Waals surface area contributed by atoms with Gasteiger partial charge in [-0.1, -0.05) is 72.8 Å². The van der Waals surface area contributed by atoms with Gasteiger partial charge in [-0.25, -0.2) is 4.98 Å². The van der Waals surface area contributed by atoms with Crippen LogP contribution in [0.2, 0.25) is 0 Å². The Kier molecular flexibility index (Phi) is 6.93. The Morgan fingerprint density at radius 2 is 1.83 bits per heavy atom. The summed E-state index contributed by atoms with van der Waals surface area (Å²) in [5.41, 5.74) is 3.17. The summed E-state index contributed by atoms with van der Waals surface area (Å²) in [7, 11) is 0. The fourth-order valence-electron chi connectivity index (χ4n) is 4.64. The van der Waals surface area contributed by atoms with E-state index in [2.05, 4.69) is 27.4 Å². The molecule has 0 bridgehead atoms. The number of aliphatic hydroxyl groups excluding tert-OH is 1. The fourth-order valence-corrected chi connectivity index (χ4v) is 4.64. The topological polar surface area (TPSA) is 78.4 Å². The molecule has 35 heavy (non-hydrogen) atoms. The number of aliphatic hydroxyl groups is 1. The molecule has 1 amide bonds. The van der Waals surface area contributed by atoms with E-state index in [-0.39, 0.29) is 11.9 Å². The van der Waals surface area contributed by atoms with E-state index in [0.29, 0.717) is 18.7 Å². The first-order valence-electron chi connectivity index (χ1n) is 11.9. The number of carbonyl (C=O) groups excluding carboxylic acids is 1. The summed E-state index contributed by atoms with van der Waals surface area (Å²) in [4.78, 5) is 24.1. The SMILES string of the molecule is O=C(N[C@@H](Cc1ccccc1)C(O)N1CC=CCC1c1cccnc1)c1ccc2ccccc2n1. The lowest BCUT2D eigenvalue weighted by Crippen LogP contribution is -2.54. The number of amides is 1. The standard InChI is InChI=1S/C29H28N4O2/c34-28(25-16-15-22-11-4-5-13-24(22)31-25)32-26(19-21-9-2-1-3-10-21)29(35)33-18-7-6-14-27(33)23-12-8-17-30-20-23/h1-13,15-17,20,26-27,29,35H,14,18-19H2,(H,32,34)/t26-,27?,29?/m0/s1. The minimum absolute atomic E-state index is 0.0299. The van der Waals surface area contributed by atoms with Gasteiger partial charge in [0.15, 0.2) is 0 Å². The lowest BCUT2D eigenvalue weighted by molar-refractivity contribution is -0.0443. The lowest BCUT2D eigenvalue weighted by Gasteiger charge is -2.40. The molecule has 6 heteroatoms. The molecule has 2 aromatic heterocycles. The first kappa shape index (κ1) is 22.9. The Morgan fingerprint density at radius 3 is 2.66 bits per heavy atom. The Balaban J connectivity index is 1.42. The van der Waals surface area contributed by atoms with Crippen LogP contribution in [0.5, 0.6) is 0 Å².